The van der Waals surface area contributed by atoms with Gasteiger partial charge in [-0.25, -0.2) is 0 Å². The van der Waals surface area contributed by atoms with Crippen LogP contribution in [-0.4, -0.2) is 18.1 Å². The zero-order valence-electron chi connectivity index (χ0n) is 11.4. The monoisotopic (exact) mass is 246 g/mol. The molecule has 0 amide bonds. The fraction of sp³-hybridized carbons (Fsp3) is 0.467. The summed E-state index contributed by atoms with van der Waals surface area (Å²) in [6.07, 6.45) is 1.15. The van der Waals surface area contributed by atoms with E-state index in [4.69, 9.17) is 4.74 Å². The summed E-state index contributed by atoms with van der Waals surface area (Å²) in [7, 11) is 0. The number of benzene rings is 1. The van der Waals surface area contributed by atoms with Crippen molar-refractivity contribution in [3.8, 4) is 5.75 Å². The van der Waals surface area contributed by atoms with Crippen LogP contribution >= 0.6 is 0 Å². The number of nitrogens with one attached hydrogen (secondary N) is 2. The van der Waals surface area contributed by atoms with Gasteiger partial charge in [-0.15, -0.1) is 0 Å². The van der Waals surface area contributed by atoms with Crippen molar-refractivity contribution >= 4 is 10.9 Å². The van der Waals surface area contributed by atoms with E-state index in [9.17, 15) is 0 Å². The Morgan fingerprint density at radius 2 is 2.11 bits per heavy atom. The maximum absolute atomic E-state index is 5.52. The quantitative estimate of drug-likeness (QED) is 0.816. The lowest BCUT2D eigenvalue weighted by Crippen LogP contribution is -2.19. The smallest absolute Gasteiger partial charge is 0.120 e. The minimum Gasteiger partial charge on any atom is -0.494 e. The summed E-state index contributed by atoms with van der Waals surface area (Å²) in [5.41, 5.74) is 2.39. The van der Waals surface area contributed by atoms with Crippen molar-refractivity contribution < 1.29 is 4.74 Å². The van der Waals surface area contributed by atoms with Gasteiger partial charge < -0.3 is 15.0 Å². The van der Waals surface area contributed by atoms with Crippen LogP contribution in [0, 0.1) is 0 Å². The summed E-state index contributed by atoms with van der Waals surface area (Å²) in [5, 5.41) is 4.70. The number of H-pyrrole nitrogens is 1. The summed E-state index contributed by atoms with van der Waals surface area (Å²) in [5.74, 6) is 0.935. The van der Waals surface area contributed by atoms with Crippen molar-refractivity contribution in [2.45, 2.75) is 33.2 Å². The molecule has 1 atom stereocenters. The van der Waals surface area contributed by atoms with Gasteiger partial charge >= 0.3 is 0 Å². The molecule has 0 aliphatic heterocycles. The Hall–Kier alpha value is -1.48. The third kappa shape index (κ3) is 2.85. The van der Waals surface area contributed by atoms with Gasteiger partial charge in [0.1, 0.15) is 5.75 Å². The van der Waals surface area contributed by atoms with E-state index in [0.29, 0.717) is 12.6 Å². The zero-order valence-corrected chi connectivity index (χ0v) is 11.4. The lowest BCUT2D eigenvalue weighted by molar-refractivity contribution is 0.341. The number of aromatic nitrogens is 1. The summed E-state index contributed by atoms with van der Waals surface area (Å²) in [4.78, 5) is 3.46. The van der Waals surface area contributed by atoms with Gasteiger partial charge in [-0.1, -0.05) is 6.92 Å². The van der Waals surface area contributed by atoms with E-state index in [0.717, 1.165) is 18.7 Å². The molecule has 0 saturated heterocycles. The first-order valence-electron chi connectivity index (χ1n) is 6.73. The maximum atomic E-state index is 5.52. The molecule has 1 heterocycles. The van der Waals surface area contributed by atoms with Crippen LogP contribution in [0.3, 0.4) is 0 Å². The van der Waals surface area contributed by atoms with E-state index < -0.39 is 0 Å². The summed E-state index contributed by atoms with van der Waals surface area (Å²) >= 11 is 0. The molecule has 3 nitrogen and oxygen atoms in total. The molecule has 2 rings (SSSR count). The molecule has 2 N–H and O–H groups in total. The highest BCUT2D eigenvalue weighted by molar-refractivity contribution is 5.82. The zero-order chi connectivity index (χ0) is 13.0. The van der Waals surface area contributed by atoms with Gasteiger partial charge in [-0.05, 0) is 51.1 Å². The topological polar surface area (TPSA) is 37.0 Å². The standard InChI is InChI=1S/C15H22N2O/c1-4-8-16-11(3)15-10-12-9-13(18-5-2)6-7-14(12)17-15/h6-7,9-11,16-17H,4-5,8H2,1-3H3. The van der Waals surface area contributed by atoms with Crippen LogP contribution in [0.5, 0.6) is 5.75 Å². The molecular weight excluding hydrogens is 224 g/mol. The second kappa shape index (κ2) is 5.91. The van der Waals surface area contributed by atoms with Gasteiger partial charge in [0.25, 0.3) is 0 Å². The van der Waals surface area contributed by atoms with Gasteiger partial charge in [-0.2, -0.15) is 0 Å². The molecule has 98 valence electrons. The van der Waals surface area contributed by atoms with E-state index in [1.807, 2.05) is 13.0 Å². The molecule has 1 aromatic heterocycles. The molecule has 1 aromatic carbocycles. The Balaban J connectivity index is 2.21. The van der Waals surface area contributed by atoms with Crippen LogP contribution in [0.25, 0.3) is 10.9 Å². The number of fused-ring (bicyclic) bond motifs is 1. The summed E-state index contributed by atoms with van der Waals surface area (Å²) in [6.45, 7) is 8.12. The number of hydrogen-bond acceptors (Lipinski definition) is 2. The lowest BCUT2D eigenvalue weighted by atomic mass is 10.2. The molecule has 0 saturated carbocycles. The van der Waals surface area contributed by atoms with Gasteiger partial charge in [0.05, 0.1) is 6.61 Å². The van der Waals surface area contributed by atoms with E-state index in [-0.39, 0.29) is 0 Å². The molecule has 2 aromatic rings. The number of aromatic amines is 1. The van der Waals surface area contributed by atoms with Crippen LogP contribution in [0.1, 0.15) is 38.9 Å². The van der Waals surface area contributed by atoms with Gasteiger partial charge in [-0.3, -0.25) is 0 Å². The van der Waals surface area contributed by atoms with Crippen molar-refractivity contribution in [1.29, 1.82) is 0 Å². The maximum Gasteiger partial charge on any atom is 0.120 e. The van der Waals surface area contributed by atoms with Crippen molar-refractivity contribution in [3.63, 3.8) is 0 Å². The highest BCUT2D eigenvalue weighted by Gasteiger charge is 2.08. The van der Waals surface area contributed by atoms with Crippen molar-refractivity contribution in [3.05, 3.63) is 30.0 Å². The van der Waals surface area contributed by atoms with Gasteiger partial charge in [0.15, 0.2) is 0 Å². The first-order chi connectivity index (χ1) is 8.74. The van der Waals surface area contributed by atoms with Crippen LogP contribution in [0.4, 0.5) is 0 Å². The summed E-state index contributed by atoms with van der Waals surface area (Å²) < 4.78 is 5.52. The number of rotatable bonds is 6. The van der Waals surface area contributed by atoms with Crippen LogP contribution in [-0.2, 0) is 0 Å². The highest BCUT2D eigenvalue weighted by atomic mass is 16.5. The SMILES string of the molecule is CCCNC(C)c1cc2cc(OCC)ccc2[nH]1. The first-order valence-corrected chi connectivity index (χ1v) is 6.73. The highest BCUT2D eigenvalue weighted by Crippen LogP contribution is 2.24. The molecule has 1 unspecified atom stereocenters. The molecule has 0 radical (unpaired) electrons. The van der Waals surface area contributed by atoms with Crippen LogP contribution < -0.4 is 10.1 Å². The normalized spacial score (nSPS) is 12.8. The predicted molar refractivity (Wildman–Crippen MR) is 76.2 cm³/mol. The van der Waals surface area contributed by atoms with Crippen LogP contribution in [0.15, 0.2) is 24.3 Å². The molecule has 0 aliphatic carbocycles. The third-order valence-electron chi connectivity index (χ3n) is 3.09. The molecule has 3 heteroatoms. The van der Waals surface area contributed by atoms with E-state index >= 15 is 0 Å². The fourth-order valence-corrected chi connectivity index (χ4v) is 2.09. The molecule has 0 bridgehead atoms. The van der Waals surface area contributed by atoms with E-state index in [1.54, 1.807) is 0 Å². The van der Waals surface area contributed by atoms with E-state index in [1.165, 1.54) is 16.6 Å². The van der Waals surface area contributed by atoms with Crippen molar-refractivity contribution in [2.75, 3.05) is 13.2 Å². The Bertz CT molecular complexity index is 504. The van der Waals surface area contributed by atoms with Crippen LogP contribution in [0.2, 0.25) is 0 Å². The number of ether oxygens (including phenoxy) is 1. The molecule has 0 spiro atoms. The minimum atomic E-state index is 0.355. The summed E-state index contributed by atoms with van der Waals surface area (Å²) in [6, 6.07) is 8.73. The largest absolute Gasteiger partial charge is 0.494 e. The van der Waals surface area contributed by atoms with Gasteiger partial charge in [0, 0.05) is 22.6 Å². The van der Waals surface area contributed by atoms with Gasteiger partial charge in [0.2, 0.25) is 0 Å². The molecule has 18 heavy (non-hydrogen) atoms. The number of hydrogen-bond donors (Lipinski definition) is 2. The Morgan fingerprint density at radius 1 is 1.28 bits per heavy atom. The van der Waals surface area contributed by atoms with Crippen molar-refractivity contribution in [1.82, 2.24) is 10.3 Å². The molecular formula is C15H22N2O. The lowest BCUT2D eigenvalue weighted by Gasteiger charge is -2.10. The molecule has 0 fully saturated rings. The minimum absolute atomic E-state index is 0.355. The van der Waals surface area contributed by atoms with E-state index in [2.05, 4.69) is 42.3 Å². The second-order valence-corrected chi connectivity index (χ2v) is 4.58. The predicted octanol–water partition coefficient (Wildman–Crippen LogP) is 3.63. The molecule has 0 aliphatic rings. The van der Waals surface area contributed by atoms with Crippen molar-refractivity contribution in [2.24, 2.45) is 0 Å². The Labute approximate surface area is 109 Å². The second-order valence-electron chi connectivity index (χ2n) is 4.58. The third-order valence-corrected chi connectivity index (χ3v) is 3.09. The first kappa shape index (κ1) is 13.0. The Morgan fingerprint density at radius 3 is 2.83 bits per heavy atom. The average Bonchev–Trinajstić information content (AvgIpc) is 2.79. The Kier molecular flexibility index (Phi) is 4.26. The fourth-order valence-electron chi connectivity index (χ4n) is 2.09. The average molecular weight is 246 g/mol.